The number of aromatic nitrogens is 2. The number of nitrogens with zero attached hydrogens (tertiary/aromatic N) is 3. The van der Waals surface area contributed by atoms with Gasteiger partial charge in [-0.1, -0.05) is 35.1 Å². The number of aryl methyl sites for hydroxylation is 1. The Morgan fingerprint density at radius 3 is 2.59 bits per heavy atom. The quantitative estimate of drug-likeness (QED) is 0.143. The van der Waals surface area contributed by atoms with Crippen molar-refractivity contribution in [2.24, 2.45) is 5.10 Å². The molecule has 2 amide bonds. The Morgan fingerprint density at radius 1 is 1.05 bits per heavy atom. The number of carbonyl (C=O) groups excluding carboxylic acids is 3. The minimum atomic E-state index is -0.475. The second-order valence-electron chi connectivity index (χ2n) is 7.57. The molecule has 2 aromatic carbocycles. The van der Waals surface area contributed by atoms with E-state index in [2.05, 4.69) is 26.0 Å². The molecule has 0 radical (unpaired) electrons. The van der Waals surface area contributed by atoms with Crippen molar-refractivity contribution < 1.29 is 23.9 Å². The van der Waals surface area contributed by atoms with Gasteiger partial charge in [0, 0.05) is 5.56 Å². The molecule has 2 aromatic heterocycles. The molecule has 2 N–H and O–H groups in total. The minimum absolute atomic E-state index is 0.0592. The number of anilines is 1. The van der Waals surface area contributed by atoms with E-state index >= 15 is 0 Å². The number of hydrogen-bond acceptors (Lipinski definition) is 10. The van der Waals surface area contributed by atoms with Gasteiger partial charge in [-0.3, -0.25) is 14.9 Å². The van der Waals surface area contributed by atoms with Gasteiger partial charge in [0.2, 0.25) is 11.0 Å². The highest BCUT2D eigenvalue weighted by Gasteiger charge is 2.14. The predicted octanol–water partition coefficient (Wildman–Crippen LogP) is 4.08. The first-order valence-electron chi connectivity index (χ1n) is 10.9. The van der Waals surface area contributed by atoms with Gasteiger partial charge in [0.25, 0.3) is 5.91 Å². The lowest BCUT2D eigenvalue weighted by molar-refractivity contribution is -0.120. The van der Waals surface area contributed by atoms with Crippen molar-refractivity contribution in [3.8, 4) is 11.5 Å². The molecule has 0 unspecified atom stereocenters. The Hall–Kier alpha value is -4.42. The molecule has 4 aromatic rings. The Balaban J connectivity index is 1.29. The van der Waals surface area contributed by atoms with Crippen LogP contribution >= 0.6 is 22.7 Å². The third-order valence-electron chi connectivity index (χ3n) is 4.83. The molecule has 0 saturated carbocycles. The smallest absolute Gasteiger partial charge is 0.353 e. The molecule has 0 spiro atoms. The zero-order valence-electron chi connectivity index (χ0n) is 19.8. The molecule has 10 nitrogen and oxygen atoms in total. The highest BCUT2D eigenvalue weighted by atomic mass is 32.1. The van der Waals surface area contributed by atoms with Gasteiger partial charge in [0.15, 0.2) is 11.5 Å². The molecule has 0 atom stereocenters. The van der Waals surface area contributed by atoms with Crippen LogP contribution in [0.25, 0.3) is 0 Å². The van der Waals surface area contributed by atoms with Crippen LogP contribution in [0.5, 0.6) is 11.5 Å². The van der Waals surface area contributed by atoms with Crippen LogP contribution in [0, 0.1) is 6.92 Å². The first-order chi connectivity index (χ1) is 17.9. The summed E-state index contributed by atoms with van der Waals surface area (Å²) in [7, 11) is 1.46. The standard InChI is InChI=1S/C25H21N5O5S2/c1-15-5-8-17(9-6-15)23(32)27-25-30-29-22(37-25)13-21(31)28-26-14-16-7-10-18(19(12-16)34-2)35-24(33)20-4-3-11-36-20/h3-12,14H,13H2,1-2H3,(H,28,31)(H,27,30,32)/b26-14-. The molecule has 0 bridgehead atoms. The van der Waals surface area contributed by atoms with Crippen LogP contribution in [0.3, 0.4) is 0 Å². The van der Waals surface area contributed by atoms with Gasteiger partial charge in [0.05, 0.1) is 19.7 Å². The summed E-state index contributed by atoms with van der Waals surface area (Å²) in [5.41, 5.74) is 4.59. The highest BCUT2D eigenvalue weighted by Crippen LogP contribution is 2.29. The number of hydrazone groups is 1. The van der Waals surface area contributed by atoms with Crippen LogP contribution in [-0.4, -0.2) is 41.3 Å². The van der Waals surface area contributed by atoms with E-state index in [-0.39, 0.29) is 18.1 Å². The third kappa shape index (κ3) is 7.06. The molecule has 12 heteroatoms. The van der Waals surface area contributed by atoms with Crippen molar-refractivity contribution in [2.45, 2.75) is 13.3 Å². The van der Waals surface area contributed by atoms with Crippen molar-refractivity contribution in [3.63, 3.8) is 0 Å². The number of carbonyl (C=O) groups is 3. The van der Waals surface area contributed by atoms with E-state index in [9.17, 15) is 14.4 Å². The molecule has 0 aliphatic heterocycles. The fourth-order valence-electron chi connectivity index (χ4n) is 3.00. The van der Waals surface area contributed by atoms with Crippen molar-refractivity contribution in [1.82, 2.24) is 15.6 Å². The molecular weight excluding hydrogens is 514 g/mol. The normalized spacial score (nSPS) is 10.8. The number of esters is 1. The topological polar surface area (TPSA) is 132 Å². The van der Waals surface area contributed by atoms with Gasteiger partial charge in [-0.25, -0.2) is 10.2 Å². The van der Waals surface area contributed by atoms with Gasteiger partial charge < -0.3 is 9.47 Å². The largest absolute Gasteiger partial charge is 0.493 e. The number of nitrogens with one attached hydrogen (secondary N) is 2. The van der Waals surface area contributed by atoms with Gasteiger partial charge in [0.1, 0.15) is 9.88 Å². The Bertz CT molecular complexity index is 1430. The molecule has 37 heavy (non-hydrogen) atoms. The maximum Gasteiger partial charge on any atom is 0.353 e. The number of rotatable bonds is 9. The first kappa shape index (κ1) is 25.7. The minimum Gasteiger partial charge on any atom is -0.493 e. The van der Waals surface area contributed by atoms with Crippen LogP contribution < -0.4 is 20.2 Å². The third-order valence-corrected chi connectivity index (χ3v) is 6.52. The average Bonchev–Trinajstić information content (AvgIpc) is 3.58. The maximum absolute atomic E-state index is 12.3. The Kier molecular flexibility index (Phi) is 8.33. The zero-order chi connectivity index (χ0) is 26.2. The Morgan fingerprint density at radius 2 is 1.86 bits per heavy atom. The van der Waals surface area contributed by atoms with Crippen molar-refractivity contribution in [1.29, 1.82) is 0 Å². The maximum atomic E-state index is 12.3. The van der Waals surface area contributed by atoms with E-state index in [1.54, 1.807) is 47.8 Å². The van der Waals surface area contributed by atoms with Crippen molar-refractivity contribution in [2.75, 3.05) is 12.4 Å². The fourth-order valence-corrected chi connectivity index (χ4v) is 4.33. The molecular formula is C25H21N5O5S2. The summed E-state index contributed by atoms with van der Waals surface area (Å²) in [6.45, 7) is 1.94. The van der Waals surface area contributed by atoms with E-state index in [1.807, 2.05) is 19.1 Å². The van der Waals surface area contributed by atoms with Crippen LogP contribution in [0.15, 0.2) is 65.1 Å². The van der Waals surface area contributed by atoms with Crippen molar-refractivity contribution >= 4 is 51.8 Å². The van der Waals surface area contributed by atoms with Crippen LogP contribution in [0.1, 0.15) is 36.2 Å². The number of amides is 2. The summed E-state index contributed by atoms with van der Waals surface area (Å²) in [5.74, 6) is -0.578. The van der Waals surface area contributed by atoms with E-state index in [4.69, 9.17) is 9.47 Å². The number of hydrogen-bond donors (Lipinski definition) is 2. The van der Waals surface area contributed by atoms with E-state index in [0.717, 1.165) is 16.9 Å². The molecule has 0 fully saturated rings. The SMILES string of the molecule is COc1cc(/C=N\NC(=O)Cc2nnc(NC(=O)c3ccc(C)cc3)s2)ccc1OC(=O)c1cccs1. The van der Waals surface area contributed by atoms with Crippen LogP contribution in [0.2, 0.25) is 0 Å². The summed E-state index contributed by atoms with van der Waals surface area (Å²) >= 11 is 2.38. The lowest BCUT2D eigenvalue weighted by atomic mass is 10.1. The summed E-state index contributed by atoms with van der Waals surface area (Å²) < 4.78 is 10.7. The predicted molar refractivity (Wildman–Crippen MR) is 141 cm³/mol. The second kappa shape index (κ2) is 12.0. The number of thiophene rings is 1. The van der Waals surface area contributed by atoms with E-state index in [1.165, 1.54) is 24.7 Å². The number of methoxy groups -OCH3 is 1. The second-order valence-corrected chi connectivity index (χ2v) is 9.58. The van der Waals surface area contributed by atoms with Crippen LogP contribution in [0.4, 0.5) is 5.13 Å². The van der Waals surface area contributed by atoms with Gasteiger partial charge in [-0.15, -0.1) is 21.5 Å². The van der Waals surface area contributed by atoms with Crippen LogP contribution in [-0.2, 0) is 11.2 Å². The number of ether oxygens (including phenoxy) is 2. The van der Waals surface area contributed by atoms with Crippen molar-refractivity contribution in [3.05, 3.63) is 86.6 Å². The summed E-state index contributed by atoms with van der Waals surface area (Å²) in [6, 6.07) is 15.4. The zero-order valence-corrected chi connectivity index (χ0v) is 21.4. The van der Waals surface area contributed by atoms with Gasteiger partial charge >= 0.3 is 5.97 Å². The fraction of sp³-hybridized carbons (Fsp3) is 0.120. The summed E-state index contributed by atoms with van der Waals surface area (Å²) in [6.07, 6.45) is 1.37. The highest BCUT2D eigenvalue weighted by molar-refractivity contribution is 7.15. The Labute approximate surface area is 220 Å². The molecule has 0 saturated heterocycles. The number of benzene rings is 2. The van der Waals surface area contributed by atoms with E-state index in [0.29, 0.717) is 31.9 Å². The van der Waals surface area contributed by atoms with E-state index < -0.39 is 11.9 Å². The first-order valence-corrected chi connectivity index (χ1v) is 12.6. The molecule has 0 aliphatic carbocycles. The summed E-state index contributed by atoms with van der Waals surface area (Å²) in [5, 5.41) is 17.0. The monoisotopic (exact) mass is 535 g/mol. The lowest BCUT2D eigenvalue weighted by Gasteiger charge is -2.09. The summed E-state index contributed by atoms with van der Waals surface area (Å²) in [4.78, 5) is 37.2. The van der Waals surface area contributed by atoms with Gasteiger partial charge in [-0.2, -0.15) is 5.10 Å². The van der Waals surface area contributed by atoms with Gasteiger partial charge in [-0.05, 0) is 54.3 Å². The molecule has 4 rings (SSSR count). The average molecular weight is 536 g/mol. The molecule has 188 valence electrons. The lowest BCUT2D eigenvalue weighted by Crippen LogP contribution is -2.19. The molecule has 0 aliphatic rings. The molecule has 2 heterocycles.